The van der Waals surface area contributed by atoms with Crippen LogP contribution in [0.15, 0.2) is 54.6 Å². The monoisotopic (exact) mass is 294 g/mol. The predicted octanol–water partition coefficient (Wildman–Crippen LogP) is 2.84. The summed E-state index contributed by atoms with van der Waals surface area (Å²) in [6.45, 7) is 0.940. The van der Waals surface area contributed by atoms with Gasteiger partial charge < -0.3 is 10.1 Å². The summed E-state index contributed by atoms with van der Waals surface area (Å²) in [5, 5.41) is 11.2. The van der Waals surface area contributed by atoms with Crippen molar-refractivity contribution in [3.63, 3.8) is 0 Å². The second-order valence-electron chi connectivity index (χ2n) is 4.80. The van der Waals surface area contributed by atoms with E-state index in [9.17, 15) is 4.79 Å². The molecule has 112 valence electrons. The number of nitrogens with one attached hydrogen (secondary N) is 1. The summed E-state index contributed by atoms with van der Waals surface area (Å²) in [5.41, 5.74) is 2.13. The quantitative estimate of drug-likeness (QED) is 0.854. The number of ether oxygens (including phenoxy) is 1. The van der Waals surface area contributed by atoms with E-state index in [2.05, 4.69) is 17.4 Å². The zero-order valence-corrected chi connectivity index (χ0v) is 12.3. The third-order valence-corrected chi connectivity index (χ3v) is 3.18. The Kier molecular flexibility index (Phi) is 6.01. The predicted molar refractivity (Wildman–Crippen MR) is 84.2 cm³/mol. The third-order valence-electron chi connectivity index (χ3n) is 3.18. The van der Waals surface area contributed by atoms with Gasteiger partial charge in [0.25, 0.3) is 0 Å². The van der Waals surface area contributed by atoms with Crippen molar-refractivity contribution in [2.45, 2.75) is 19.4 Å². The van der Waals surface area contributed by atoms with Gasteiger partial charge in [0.2, 0.25) is 5.91 Å². The molecule has 0 unspecified atom stereocenters. The maximum atomic E-state index is 11.4. The minimum Gasteiger partial charge on any atom is -0.493 e. The lowest BCUT2D eigenvalue weighted by Crippen LogP contribution is -2.22. The molecule has 4 nitrogen and oxygen atoms in total. The zero-order valence-electron chi connectivity index (χ0n) is 12.3. The van der Waals surface area contributed by atoms with Gasteiger partial charge in [-0.3, -0.25) is 4.79 Å². The Bertz CT molecular complexity index is 648. The number of amides is 1. The topological polar surface area (TPSA) is 62.1 Å². The molecule has 0 fully saturated rings. The van der Waals surface area contributed by atoms with E-state index in [4.69, 9.17) is 10.00 Å². The molecule has 1 N–H and O–H groups in total. The van der Waals surface area contributed by atoms with E-state index in [1.54, 1.807) is 0 Å². The molecule has 0 radical (unpaired) electrons. The number of rotatable bonds is 7. The van der Waals surface area contributed by atoms with Crippen LogP contribution in [0.4, 0.5) is 0 Å². The summed E-state index contributed by atoms with van der Waals surface area (Å²) in [5.74, 6) is 0.484. The Hall–Kier alpha value is -2.80. The lowest BCUT2D eigenvalue weighted by molar-refractivity contribution is -0.120. The first kappa shape index (κ1) is 15.6. The Morgan fingerprint density at radius 2 is 1.82 bits per heavy atom. The molecule has 0 aliphatic carbocycles. The second kappa shape index (κ2) is 8.48. The average molecular weight is 294 g/mol. The number of nitrogens with zero attached hydrogens (tertiary/aromatic N) is 1. The number of carbonyl (C=O) groups is 1. The molecule has 0 aromatic heterocycles. The Morgan fingerprint density at radius 1 is 1.09 bits per heavy atom. The van der Waals surface area contributed by atoms with E-state index in [-0.39, 0.29) is 12.3 Å². The van der Waals surface area contributed by atoms with Crippen LogP contribution in [0.25, 0.3) is 0 Å². The van der Waals surface area contributed by atoms with Gasteiger partial charge in [-0.25, -0.2) is 0 Å². The lowest BCUT2D eigenvalue weighted by Gasteiger charge is -2.12. The molecule has 2 rings (SSSR count). The number of hydrogen-bond acceptors (Lipinski definition) is 3. The van der Waals surface area contributed by atoms with Crippen molar-refractivity contribution >= 4 is 5.91 Å². The van der Waals surface area contributed by atoms with Crippen LogP contribution < -0.4 is 10.1 Å². The highest BCUT2D eigenvalue weighted by Gasteiger charge is 2.05. The minimum atomic E-state index is -0.276. The van der Waals surface area contributed by atoms with Crippen LogP contribution in [-0.4, -0.2) is 12.5 Å². The van der Waals surface area contributed by atoms with E-state index in [1.807, 2.05) is 48.5 Å². The Labute approximate surface area is 130 Å². The van der Waals surface area contributed by atoms with E-state index in [0.717, 1.165) is 17.7 Å². The number of hydrogen-bond donors (Lipinski definition) is 1. The molecule has 0 aliphatic heterocycles. The Balaban J connectivity index is 1.88. The molecule has 22 heavy (non-hydrogen) atoms. The summed E-state index contributed by atoms with van der Waals surface area (Å²) in [7, 11) is 0. The van der Waals surface area contributed by atoms with Crippen molar-refractivity contribution in [1.82, 2.24) is 5.32 Å². The Morgan fingerprint density at radius 3 is 2.59 bits per heavy atom. The maximum absolute atomic E-state index is 11.4. The van der Waals surface area contributed by atoms with E-state index in [0.29, 0.717) is 13.2 Å². The first-order chi connectivity index (χ1) is 10.8. The molecule has 4 heteroatoms. The molecule has 2 aromatic rings. The van der Waals surface area contributed by atoms with Gasteiger partial charge in [0.1, 0.15) is 12.2 Å². The van der Waals surface area contributed by atoms with Gasteiger partial charge >= 0.3 is 0 Å². The number of carbonyl (C=O) groups excluding carboxylic acids is 1. The fraction of sp³-hybridized carbons (Fsp3) is 0.222. The summed E-state index contributed by atoms with van der Waals surface area (Å²) in [4.78, 5) is 11.4. The van der Waals surface area contributed by atoms with E-state index >= 15 is 0 Å². The van der Waals surface area contributed by atoms with Gasteiger partial charge in [-0.05, 0) is 11.6 Å². The normalized spacial score (nSPS) is 9.77. The van der Waals surface area contributed by atoms with Gasteiger partial charge in [0.05, 0.1) is 12.7 Å². The largest absolute Gasteiger partial charge is 0.493 e. The highest BCUT2D eigenvalue weighted by atomic mass is 16.5. The van der Waals surface area contributed by atoms with Crippen LogP contribution in [0.1, 0.15) is 17.5 Å². The number of nitriles is 1. The van der Waals surface area contributed by atoms with Gasteiger partial charge in [0, 0.05) is 18.5 Å². The molecule has 0 saturated heterocycles. The molecule has 1 amide bonds. The van der Waals surface area contributed by atoms with Crippen molar-refractivity contribution in [2.75, 3.05) is 6.61 Å². The molecule has 0 bridgehead atoms. The van der Waals surface area contributed by atoms with Crippen LogP contribution in [0.5, 0.6) is 5.75 Å². The number of para-hydroxylation sites is 1. The second-order valence-corrected chi connectivity index (χ2v) is 4.80. The van der Waals surface area contributed by atoms with Crippen LogP contribution in [0.2, 0.25) is 0 Å². The molecule has 0 aliphatic rings. The third kappa shape index (κ3) is 4.95. The molecule has 0 atom stereocenters. The van der Waals surface area contributed by atoms with Crippen molar-refractivity contribution in [3.05, 3.63) is 65.7 Å². The summed E-state index contributed by atoms with van der Waals surface area (Å²) in [6, 6.07) is 19.6. The minimum absolute atomic E-state index is 0.128. The highest BCUT2D eigenvalue weighted by Crippen LogP contribution is 2.18. The van der Waals surface area contributed by atoms with Crippen LogP contribution in [0, 0.1) is 11.3 Å². The summed E-state index contributed by atoms with van der Waals surface area (Å²) >= 11 is 0. The fourth-order valence-corrected chi connectivity index (χ4v) is 2.04. The molecular weight excluding hydrogens is 276 g/mol. The fourth-order valence-electron chi connectivity index (χ4n) is 2.04. The van der Waals surface area contributed by atoms with Crippen molar-refractivity contribution in [1.29, 1.82) is 5.26 Å². The molecule has 0 saturated carbocycles. The van der Waals surface area contributed by atoms with Gasteiger partial charge in [-0.2, -0.15) is 5.26 Å². The average Bonchev–Trinajstić information content (AvgIpc) is 2.55. The standard InChI is InChI=1S/C18H18N2O2/c19-12-10-18(21)20-14-16-8-4-5-9-17(16)22-13-11-15-6-2-1-3-7-15/h1-9H,10-11,13-14H2,(H,20,21). The van der Waals surface area contributed by atoms with Crippen molar-refractivity contribution in [3.8, 4) is 11.8 Å². The molecular formula is C18H18N2O2. The van der Waals surface area contributed by atoms with E-state index in [1.165, 1.54) is 5.56 Å². The smallest absolute Gasteiger partial charge is 0.234 e. The van der Waals surface area contributed by atoms with Crippen molar-refractivity contribution < 1.29 is 9.53 Å². The van der Waals surface area contributed by atoms with Crippen LogP contribution in [-0.2, 0) is 17.8 Å². The maximum Gasteiger partial charge on any atom is 0.234 e. The summed E-state index contributed by atoms with van der Waals surface area (Å²) in [6.07, 6.45) is 0.701. The SMILES string of the molecule is N#CCC(=O)NCc1ccccc1OCCc1ccccc1. The van der Waals surface area contributed by atoms with Crippen molar-refractivity contribution in [2.24, 2.45) is 0 Å². The molecule has 2 aromatic carbocycles. The van der Waals surface area contributed by atoms with Crippen LogP contribution in [0.3, 0.4) is 0 Å². The first-order valence-corrected chi connectivity index (χ1v) is 7.18. The molecule has 0 spiro atoms. The number of benzene rings is 2. The summed E-state index contributed by atoms with van der Waals surface area (Å²) < 4.78 is 5.82. The van der Waals surface area contributed by atoms with Gasteiger partial charge in [0.15, 0.2) is 0 Å². The van der Waals surface area contributed by atoms with Gasteiger partial charge in [-0.1, -0.05) is 48.5 Å². The van der Waals surface area contributed by atoms with E-state index < -0.39 is 0 Å². The molecule has 0 heterocycles. The zero-order chi connectivity index (χ0) is 15.6. The van der Waals surface area contributed by atoms with Gasteiger partial charge in [-0.15, -0.1) is 0 Å². The highest BCUT2D eigenvalue weighted by molar-refractivity contribution is 5.78. The first-order valence-electron chi connectivity index (χ1n) is 7.18. The van der Waals surface area contributed by atoms with Crippen LogP contribution >= 0.6 is 0 Å². The lowest BCUT2D eigenvalue weighted by atomic mass is 10.1.